The molecular weight excluding hydrogens is 825 g/mol. The fourth-order valence-electron chi connectivity index (χ4n) is 9.94. The number of carbonyl (C=O) groups excluding carboxylic acids is 5. The van der Waals surface area contributed by atoms with E-state index in [1.807, 2.05) is 18.2 Å². The third-order valence-corrected chi connectivity index (χ3v) is 13.6. The van der Waals surface area contributed by atoms with Crippen molar-refractivity contribution in [1.82, 2.24) is 35.7 Å². The first-order chi connectivity index (χ1) is 31.6. The number of benzene rings is 2. The Hall–Kier alpha value is -6.05. The molecule has 0 bridgehead atoms. The number of hydrogen-bond donors (Lipinski definition) is 4. The molecule has 16 heteroatoms. The van der Waals surface area contributed by atoms with Crippen LogP contribution in [0.2, 0.25) is 0 Å². The average molecular weight is 887 g/mol. The number of fused-ring (bicyclic) bond motifs is 2. The smallest absolute Gasteiger partial charge is 0.255 e. The molecule has 3 fully saturated rings. The minimum absolute atomic E-state index is 0.0741. The van der Waals surface area contributed by atoms with Crippen LogP contribution in [0.3, 0.4) is 0 Å². The molecule has 1 unspecified atom stereocenters. The summed E-state index contributed by atoms with van der Waals surface area (Å²) in [6.45, 7) is 7.12. The van der Waals surface area contributed by atoms with Gasteiger partial charge in [-0.1, -0.05) is 37.7 Å². The number of nitrogens with one attached hydrogen (secondary N) is 4. The maximum atomic E-state index is 13.4. The van der Waals surface area contributed by atoms with Crippen molar-refractivity contribution < 1.29 is 28.7 Å². The van der Waals surface area contributed by atoms with Crippen molar-refractivity contribution in [3.8, 4) is 17.6 Å². The highest BCUT2D eigenvalue weighted by Crippen LogP contribution is 2.40. The van der Waals surface area contributed by atoms with Gasteiger partial charge >= 0.3 is 0 Å². The average Bonchev–Trinajstić information content (AvgIpc) is 3.97. The van der Waals surface area contributed by atoms with E-state index in [0.29, 0.717) is 53.6 Å². The molecule has 5 aliphatic rings. The van der Waals surface area contributed by atoms with Crippen LogP contribution in [-0.4, -0.2) is 120 Å². The van der Waals surface area contributed by atoms with E-state index in [2.05, 4.69) is 54.8 Å². The lowest BCUT2D eigenvalue weighted by atomic mass is 10.0. The van der Waals surface area contributed by atoms with E-state index in [1.165, 1.54) is 0 Å². The van der Waals surface area contributed by atoms with Gasteiger partial charge < -0.3 is 40.3 Å². The second kappa shape index (κ2) is 20.8. The molecule has 4 aliphatic heterocycles. The number of rotatable bonds is 16. The number of amides is 5. The number of likely N-dealkylation sites (tertiary alicyclic amines) is 1. The van der Waals surface area contributed by atoms with E-state index in [1.54, 1.807) is 48.4 Å². The van der Waals surface area contributed by atoms with Crippen molar-refractivity contribution in [3.05, 3.63) is 64.8 Å². The Morgan fingerprint density at radius 2 is 1.78 bits per heavy atom. The van der Waals surface area contributed by atoms with Crippen molar-refractivity contribution in [2.45, 2.75) is 121 Å². The second-order valence-corrected chi connectivity index (χ2v) is 17.8. The minimum atomic E-state index is -0.635. The zero-order valence-corrected chi connectivity index (χ0v) is 37.9. The van der Waals surface area contributed by atoms with Crippen LogP contribution in [-0.2, 0) is 20.9 Å². The molecule has 65 heavy (non-hydrogen) atoms. The summed E-state index contributed by atoms with van der Waals surface area (Å²) in [7, 11) is 3.37. The van der Waals surface area contributed by atoms with Crippen molar-refractivity contribution in [2.24, 2.45) is 0 Å². The van der Waals surface area contributed by atoms with Crippen molar-refractivity contribution in [1.29, 1.82) is 0 Å². The first kappa shape index (κ1) is 45.5. The van der Waals surface area contributed by atoms with Gasteiger partial charge in [0.2, 0.25) is 23.7 Å². The van der Waals surface area contributed by atoms with Gasteiger partial charge in [0, 0.05) is 68.3 Å². The quantitative estimate of drug-likeness (QED) is 0.0871. The Labute approximate surface area is 381 Å². The molecule has 2 atom stereocenters. The molecule has 1 aliphatic carbocycles. The van der Waals surface area contributed by atoms with E-state index in [9.17, 15) is 24.0 Å². The van der Waals surface area contributed by atoms with Crippen LogP contribution < -0.4 is 35.8 Å². The first-order valence-electron chi connectivity index (χ1n) is 23.5. The number of nitrogens with zero attached hydrogens (tertiary/aromatic N) is 6. The molecule has 0 spiro atoms. The molecule has 344 valence electrons. The number of anilines is 4. The van der Waals surface area contributed by atoms with Gasteiger partial charge in [-0.3, -0.25) is 29.3 Å². The largest absolute Gasteiger partial charge is 0.495 e. The normalized spacial score (nSPS) is 20.3. The van der Waals surface area contributed by atoms with Gasteiger partial charge in [-0.05, 0) is 113 Å². The summed E-state index contributed by atoms with van der Waals surface area (Å²) in [6.07, 6.45) is 13.0. The van der Waals surface area contributed by atoms with E-state index < -0.39 is 11.9 Å². The Balaban J connectivity index is 0.726. The van der Waals surface area contributed by atoms with Gasteiger partial charge in [0.25, 0.3) is 11.8 Å². The van der Waals surface area contributed by atoms with Gasteiger partial charge in [0.1, 0.15) is 23.5 Å². The van der Waals surface area contributed by atoms with Gasteiger partial charge in [-0.2, -0.15) is 4.98 Å². The maximum absolute atomic E-state index is 13.4. The zero-order chi connectivity index (χ0) is 45.5. The molecule has 0 radical (unpaired) electrons. The third kappa shape index (κ3) is 10.3. The molecule has 1 aromatic heterocycles. The second-order valence-electron chi connectivity index (χ2n) is 17.8. The number of unbranched alkanes of at least 4 members (excludes halogenated alkanes) is 2. The number of methoxy groups -OCH3 is 1. The van der Waals surface area contributed by atoms with Crippen molar-refractivity contribution in [2.75, 3.05) is 62.0 Å². The summed E-state index contributed by atoms with van der Waals surface area (Å²) in [6, 6.07) is 10.4. The molecule has 8 rings (SSSR count). The minimum Gasteiger partial charge on any atom is -0.495 e. The van der Waals surface area contributed by atoms with Crippen LogP contribution in [0, 0.1) is 11.8 Å². The fourth-order valence-corrected chi connectivity index (χ4v) is 9.94. The number of hydrogen-bond acceptors (Lipinski definition) is 12. The van der Waals surface area contributed by atoms with E-state index in [4.69, 9.17) is 9.72 Å². The number of imide groups is 1. The van der Waals surface area contributed by atoms with Crippen LogP contribution in [0.25, 0.3) is 0 Å². The summed E-state index contributed by atoms with van der Waals surface area (Å²) < 4.78 is 5.73. The van der Waals surface area contributed by atoms with E-state index in [0.717, 1.165) is 114 Å². The summed E-state index contributed by atoms with van der Waals surface area (Å²) in [5.74, 6) is 7.25. The number of ether oxygens (including phenoxy) is 1. The SMILES string of the molecule is CC[C@@H]1C(=O)N(C)c2cnc(Nc3ccc(C(=O)NC4CCN(CCCCNCCCC#Cc5cccc6c5CN(C5CCC(=O)NC5=O)C6=O)CC4)cc3OC)nc2N1C1CCCC1. The predicted molar refractivity (Wildman–Crippen MR) is 248 cm³/mol. The predicted octanol–water partition coefficient (Wildman–Crippen LogP) is 4.89. The van der Waals surface area contributed by atoms with Crippen LogP contribution >= 0.6 is 0 Å². The molecule has 16 nitrogen and oxygen atoms in total. The van der Waals surface area contributed by atoms with Crippen molar-refractivity contribution in [3.63, 3.8) is 0 Å². The number of piperidine rings is 2. The van der Waals surface area contributed by atoms with Crippen LogP contribution in [0.15, 0.2) is 42.6 Å². The highest BCUT2D eigenvalue weighted by atomic mass is 16.5. The molecule has 1 saturated carbocycles. The van der Waals surface area contributed by atoms with E-state index >= 15 is 0 Å². The Bertz CT molecular complexity index is 2330. The first-order valence-corrected chi connectivity index (χ1v) is 23.5. The summed E-state index contributed by atoms with van der Waals surface area (Å²) in [5.41, 5.74) is 4.12. The highest BCUT2D eigenvalue weighted by molar-refractivity contribution is 6.06. The van der Waals surface area contributed by atoms with Gasteiger partial charge in [0.15, 0.2) is 5.82 Å². The molecule has 5 amide bonds. The number of aromatic nitrogens is 2. The number of carbonyl (C=O) groups is 5. The summed E-state index contributed by atoms with van der Waals surface area (Å²) in [4.78, 5) is 81.3. The molecular formula is C49H62N10O6. The molecule has 2 saturated heterocycles. The maximum Gasteiger partial charge on any atom is 0.255 e. The van der Waals surface area contributed by atoms with Gasteiger partial charge in [-0.25, -0.2) is 4.98 Å². The highest BCUT2D eigenvalue weighted by Gasteiger charge is 2.42. The lowest BCUT2D eigenvalue weighted by molar-refractivity contribution is -0.137. The molecule has 4 N–H and O–H groups in total. The van der Waals surface area contributed by atoms with Gasteiger partial charge in [0.05, 0.1) is 19.0 Å². The fraction of sp³-hybridized carbons (Fsp3) is 0.531. The van der Waals surface area contributed by atoms with E-state index in [-0.39, 0.29) is 48.2 Å². The Morgan fingerprint density at radius 3 is 2.55 bits per heavy atom. The summed E-state index contributed by atoms with van der Waals surface area (Å²) >= 11 is 0. The van der Waals surface area contributed by atoms with Gasteiger partial charge in [-0.15, -0.1) is 0 Å². The molecule has 5 heterocycles. The standard InChI is InChI=1S/C49H62N10O6/c1-4-39-48(64)56(2)41-30-51-49(55-44(41)59(39)35-15-7-8-16-35)53-38-19-18-33(29-42(38)65-3)45(61)52-34-22-27-57(28-23-34)26-11-10-25-50-24-9-5-6-13-32-14-12-17-36-37(32)31-58(47(36)63)40-20-21-43(60)54-46(40)62/h12,14,17-19,29-30,34-35,39-40,50H,4-5,7-11,15-16,20-28,31H2,1-3H3,(H,52,61)(H,51,53,55)(H,54,60,62)/t39-,40?/m1/s1. The Morgan fingerprint density at radius 1 is 0.985 bits per heavy atom. The topological polar surface area (TPSA) is 181 Å². The monoisotopic (exact) mass is 886 g/mol. The lowest BCUT2D eigenvalue weighted by Crippen LogP contribution is -2.55. The van der Waals surface area contributed by atoms with Crippen LogP contribution in [0.5, 0.6) is 5.75 Å². The zero-order valence-electron chi connectivity index (χ0n) is 37.9. The van der Waals surface area contributed by atoms with Crippen molar-refractivity contribution >= 4 is 52.7 Å². The summed E-state index contributed by atoms with van der Waals surface area (Å²) in [5, 5.41) is 12.4. The van der Waals surface area contributed by atoms with Crippen LogP contribution in [0.4, 0.5) is 23.1 Å². The molecule has 2 aromatic carbocycles. The molecule has 3 aromatic rings. The lowest BCUT2D eigenvalue weighted by Gasteiger charge is -2.43. The number of likely N-dealkylation sites (N-methyl/N-ethyl adjacent to an activating group) is 1. The Kier molecular flexibility index (Phi) is 14.6. The van der Waals surface area contributed by atoms with Crippen LogP contribution in [0.1, 0.15) is 122 Å². The third-order valence-electron chi connectivity index (χ3n) is 13.6.